The summed E-state index contributed by atoms with van der Waals surface area (Å²) < 4.78 is 5.23. The molecule has 0 atom stereocenters. The van der Waals surface area contributed by atoms with Crippen LogP contribution in [0.25, 0.3) is 10.8 Å². The van der Waals surface area contributed by atoms with E-state index in [1.165, 1.54) is 11.3 Å². The van der Waals surface area contributed by atoms with Crippen molar-refractivity contribution < 1.29 is 4.52 Å². The van der Waals surface area contributed by atoms with Crippen LogP contribution in [0.15, 0.2) is 45.1 Å². The number of hydrogen-bond donors (Lipinski definition) is 1. The van der Waals surface area contributed by atoms with Gasteiger partial charge in [0.05, 0.1) is 16.5 Å². The van der Waals surface area contributed by atoms with Crippen LogP contribution in [0.3, 0.4) is 0 Å². The maximum atomic E-state index is 6.10. The number of halogens is 1. The minimum Gasteiger partial charge on any atom is -0.397 e. The molecule has 2 N–H and O–H groups in total. The summed E-state index contributed by atoms with van der Waals surface area (Å²) in [7, 11) is 0. The highest BCUT2D eigenvalue weighted by Crippen LogP contribution is 2.32. The molecule has 0 aliphatic heterocycles. The van der Waals surface area contributed by atoms with Crippen molar-refractivity contribution in [3.63, 3.8) is 0 Å². The quantitative estimate of drug-likeness (QED) is 0.724. The zero-order chi connectivity index (χ0) is 13.9. The Bertz CT molecular complexity index is 726. The van der Waals surface area contributed by atoms with Crippen LogP contribution >= 0.6 is 34.7 Å². The van der Waals surface area contributed by atoms with Crippen molar-refractivity contribution in [3.05, 3.63) is 46.6 Å². The van der Waals surface area contributed by atoms with E-state index in [0.717, 1.165) is 14.8 Å². The number of rotatable bonds is 4. The van der Waals surface area contributed by atoms with E-state index in [1.54, 1.807) is 11.8 Å². The number of nitrogens with two attached hydrogens (primary N) is 1. The van der Waals surface area contributed by atoms with E-state index in [4.69, 9.17) is 21.9 Å². The van der Waals surface area contributed by atoms with Gasteiger partial charge in [0, 0.05) is 4.90 Å². The minimum absolute atomic E-state index is 0.465. The molecule has 3 aromatic rings. The summed E-state index contributed by atoms with van der Waals surface area (Å²) >= 11 is 9.15. The van der Waals surface area contributed by atoms with Crippen molar-refractivity contribution in [3.8, 4) is 10.8 Å². The molecule has 3 rings (SSSR count). The molecule has 0 saturated carbocycles. The SMILES string of the molecule is Nc1ccsc1-c1nc(CSc2ccccc2Cl)no1. The Labute approximate surface area is 129 Å². The standard InChI is InChI=1S/C13H10ClN3OS2/c14-8-3-1-2-4-10(8)20-7-11-16-13(18-17-11)12-9(15)5-6-19-12/h1-6H,7,15H2. The molecular weight excluding hydrogens is 314 g/mol. The maximum absolute atomic E-state index is 6.10. The van der Waals surface area contributed by atoms with Crippen LogP contribution in [0.5, 0.6) is 0 Å². The van der Waals surface area contributed by atoms with Crippen molar-refractivity contribution in [2.75, 3.05) is 5.73 Å². The van der Waals surface area contributed by atoms with Gasteiger partial charge in [-0.05, 0) is 23.6 Å². The van der Waals surface area contributed by atoms with Crippen LogP contribution in [-0.4, -0.2) is 10.1 Å². The molecule has 7 heteroatoms. The second-order valence-corrected chi connectivity index (χ2v) is 6.28. The normalized spacial score (nSPS) is 10.8. The van der Waals surface area contributed by atoms with Gasteiger partial charge in [0.2, 0.25) is 0 Å². The highest BCUT2D eigenvalue weighted by Gasteiger charge is 2.13. The average molecular weight is 324 g/mol. The molecule has 0 aliphatic rings. The molecule has 20 heavy (non-hydrogen) atoms. The van der Waals surface area contributed by atoms with Crippen LogP contribution in [0, 0.1) is 0 Å². The number of aromatic nitrogens is 2. The number of benzene rings is 1. The molecule has 0 saturated heterocycles. The molecule has 0 amide bonds. The highest BCUT2D eigenvalue weighted by molar-refractivity contribution is 7.98. The lowest BCUT2D eigenvalue weighted by Gasteiger charge is -2.00. The van der Waals surface area contributed by atoms with Gasteiger partial charge in [0.25, 0.3) is 5.89 Å². The molecule has 0 unspecified atom stereocenters. The Morgan fingerprint density at radius 2 is 2.15 bits per heavy atom. The number of thiophene rings is 1. The van der Waals surface area contributed by atoms with Crippen LogP contribution in [0.4, 0.5) is 5.69 Å². The molecule has 4 nitrogen and oxygen atoms in total. The molecule has 0 bridgehead atoms. The monoisotopic (exact) mass is 323 g/mol. The third kappa shape index (κ3) is 2.82. The van der Waals surface area contributed by atoms with E-state index in [-0.39, 0.29) is 0 Å². The number of anilines is 1. The van der Waals surface area contributed by atoms with Gasteiger partial charge in [-0.15, -0.1) is 23.1 Å². The zero-order valence-electron chi connectivity index (χ0n) is 10.2. The largest absolute Gasteiger partial charge is 0.397 e. The van der Waals surface area contributed by atoms with Crippen molar-refractivity contribution in [2.24, 2.45) is 0 Å². The third-order valence-electron chi connectivity index (χ3n) is 2.55. The predicted molar refractivity (Wildman–Crippen MR) is 83.0 cm³/mol. The van der Waals surface area contributed by atoms with Crippen molar-refractivity contribution in [1.82, 2.24) is 10.1 Å². The Hall–Kier alpha value is -1.50. The van der Waals surface area contributed by atoms with Crippen molar-refractivity contribution >= 4 is 40.4 Å². The van der Waals surface area contributed by atoms with Gasteiger partial charge in [0.1, 0.15) is 4.88 Å². The summed E-state index contributed by atoms with van der Waals surface area (Å²) in [5.41, 5.74) is 6.48. The van der Waals surface area contributed by atoms with Crippen LogP contribution < -0.4 is 5.73 Å². The fourth-order valence-electron chi connectivity index (χ4n) is 1.60. The summed E-state index contributed by atoms with van der Waals surface area (Å²) in [6.45, 7) is 0. The summed E-state index contributed by atoms with van der Waals surface area (Å²) in [5.74, 6) is 1.68. The lowest BCUT2D eigenvalue weighted by Crippen LogP contribution is -1.86. The van der Waals surface area contributed by atoms with E-state index in [1.807, 2.05) is 35.7 Å². The average Bonchev–Trinajstić information content (AvgIpc) is 3.06. The first kappa shape index (κ1) is 13.5. The van der Waals surface area contributed by atoms with Gasteiger partial charge >= 0.3 is 0 Å². The second-order valence-electron chi connectivity index (χ2n) is 3.94. The number of nitrogen functional groups attached to an aromatic ring is 1. The Balaban J connectivity index is 1.72. The summed E-state index contributed by atoms with van der Waals surface area (Å²) in [6, 6.07) is 9.49. The first-order chi connectivity index (χ1) is 9.74. The Morgan fingerprint density at radius 3 is 2.90 bits per heavy atom. The van der Waals surface area contributed by atoms with Gasteiger partial charge in [-0.25, -0.2) is 0 Å². The van der Waals surface area contributed by atoms with Crippen LogP contribution in [0.1, 0.15) is 5.82 Å². The molecular formula is C13H10ClN3OS2. The smallest absolute Gasteiger partial charge is 0.270 e. The Morgan fingerprint density at radius 1 is 1.30 bits per heavy atom. The number of nitrogens with zero attached hydrogens (tertiary/aromatic N) is 2. The summed E-state index contributed by atoms with van der Waals surface area (Å²) in [6.07, 6.45) is 0. The maximum Gasteiger partial charge on any atom is 0.270 e. The predicted octanol–water partition coefficient (Wildman–Crippen LogP) is 4.33. The number of hydrogen-bond acceptors (Lipinski definition) is 6. The fourth-order valence-corrected chi connectivity index (χ4v) is 3.42. The molecule has 0 fully saturated rings. The molecule has 0 aliphatic carbocycles. The first-order valence-corrected chi connectivity index (χ1v) is 8.01. The summed E-state index contributed by atoms with van der Waals surface area (Å²) in [4.78, 5) is 6.16. The molecule has 0 spiro atoms. The summed E-state index contributed by atoms with van der Waals surface area (Å²) in [5, 5.41) is 6.58. The van der Waals surface area contributed by atoms with E-state index >= 15 is 0 Å². The van der Waals surface area contributed by atoms with E-state index < -0.39 is 0 Å². The zero-order valence-corrected chi connectivity index (χ0v) is 12.6. The molecule has 1 aromatic carbocycles. The van der Waals surface area contributed by atoms with Gasteiger partial charge in [-0.3, -0.25) is 0 Å². The van der Waals surface area contributed by atoms with Crippen LogP contribution in [-0.2, 0) is 5.75 Å². The lowest BCUT2D eigenvalue weighted by molar-refractivity contribution is 0.426. The third-order valence-corrected chi connectivity index (χ3v) is 4.98. The van der Waals surface area contributed by atoms with Crippen LogP contribution in [0.2, 0.25) is 5.02 Å². The highest BCUT2D eigenvalue weighted by atomic mass is 35.5. The minimum atomic E-state index is 0.465. The fraction of sp³-hybridized carbons (Fsp3) is 0.0769. The van der Waals surface area contributed by atoms with Gasteiger partial charge in [-0.2, -0.15) is 4.98 Å². The van der Waals surface area contributed by atoms with E-state index in [9.17, 15) is 0 Å². The van der Waals surface area contributed by atoms with Gasteiger partial charge in [0.15, 0.2) is 5.82 Å². The Kier molecular flexibility index (Phi) is 3.95. The molecule has 0 radical (unpaired) electrons. The van der Waals surface area contributed by atoms with Crippen molar-refractivity contribution in [1.29, 1.82) is 0 Å². The van der Waals surface area contributed by atoms with E-state index in [2.05, 4.69) is 10.1 Å². The molecule has 2 heterocycles. The molecule has 102 valence electrons. The van der Waals surface area contributed by atoms with Gasteiger partial charge < -0.3 is 10.3 Å². The lowest BCUT2D eigenvalue weighted by atomic mass is 10.4. The van der Waals surface area contributed by atoms with Gasteiger partial charge in [-0.1, -0.05) is 28.9 Å². The topological polar surface area (TPSA) is 64.9 Å². The van der Waals surface area contributed by atoms with Crippen molar-refractivity contribution in [2.45, 2.75) is 10.6 Å². The second kappa shape index (κ2) is 5.87. The van der Waals surface area contributed by atoms with E-state index in [0.29, 0.717) is 23.2 Å². The molecule has 2 aromatic heterocycles. The number of thioether (sulfide) groups is 1. The first-order valence-electron chi connectivity index (χ1n) is 5.77.